The first-order chi connectivity index (χ1) is 9.19. The molecule has 0 bridgehead atoms. The molecular weight excluding hydrogens is 236 g/mol. The molecule has 3 nitrogen and oxygen atoms in total. The van der Waals surface area contributed by atoms with E-state index in [0.717, 1.165) is 32.4 Å². The van der Waals surface area contributed by atoms with Gasteiger partial charge in [-0.1, -0.05) is 37.3 Å². The average Bonchev–Trinajstić information content (AvgIpc) is 3.20. The zero-order chi connectivity index (χ0) is 13.3. The van der Waals surface area contributed by atoms with E-state index in [2.05, 4.69) is 41.8 Å². The lowest BCUT2D eigenvalue weighted by Crippen LogP contribution is -2.46. The number of piperidine rings is 1. The lowest BCUT2D eigenvalue weighted by atomic mass is 9.80. The van der Waals surface area contributed by atoms with E-state index in [9.17, 15) is 4.79 Å². The van der Waals surface area contributed by atoms with Crippen molar-refractivity contribution in [3.05, 3.63) is 35.9 Å². The van der Waals surface area contributed by atoms with Crippen LogP contribution in [0.4, 0.5) is 0 Å². The van der Waals surface area contributed by atoms with Crippen molar-refractivity contribution in [1.82, 2.24) is 10.6 Å². The summed E-state index contributed by atoms with van der Waals surface area (Å²) in [6.07, 6.45) is 2.98. The minimum atomic E-state index is -0.172. The molecular formula is C16H22N2O. The van der Waals surface area contributed by atoms with Crippen LogP contribution in [0.1, 0.15) is 37.7 Å². The summed E-state index contributed by atoms with van der Waals surface area (Å²) in [7, 11) is 0. The molecule has 1 aliphatic carbocycles. The van der Waals surface area contributed by atoms with Crippen LogP contribution in [0.2, 0.25) is 0 Å². The van der Waals surface area contributed by atoms with Crippen molar-refractivity contribution in [3.63, 3.8) is 0 Å². The highest BCUT2D eigenvalue weighted by molar-refractivity contribution is 5.83. The van der Waals surface area contributed by atoms with Crippen molar-refractivity contribution in [3.8, 4) is 0 Å². The van der Waals surface area contributed by atoms with E-state index in [1.165, 1.54) is 5.56 Å². The Balaban J connectivity index is 1.57. The number of amides is 1. The van der Waals surface area contributed by atoms with E-state index in [1.807, 2.05) is 6.07 Å². The van der Waals surface area contributed by atoms with Gasteiger partial charge in [0.05, 0.1) is 0 Å². The Bertz CT molecular complexity index is 451. The monoisotopic (exact) mass is 258 g/mol. The topological polar surface area (TPSA) is 41.1 Å². The van der Waals surface area contributed by atoms with Crippen LogP contribution in [0, 0.1) is 5.41 Å². The lowest BCUT2D eigenvalue weighted by molar-refractivity contribution is -0.131. The molecule has 1 saturated heterocycles. The molecule has 2 unspecified atom stereocenters. The number of benzene rings is 1. The third kappa shape index (κ3) is 2.66. The Morgan fingerprint density at radius 3 is 2.63 bits per heavy atom. The average molecular weight is 258 g/mol. The molecule has 3 rings (SSSR count). The molecule has 2 N–H and O–H groups in total. The number of hydrogen-bond acceptors (Lipinski definition) is 2. The zero-order valence-electron chi connectivity index (χ0n) is 11.5. The van der Waals surface area contributed by atoms with Gasteiger partial charge in [0.15, 0.2) is 0 Å². The summed E-state index contributed by atoms with van der Waals surface area (Å²) >= 11 is 0. The molecule has 2 aliphatic rings. The highest BCUT2D eigenvalue weighted by atomic mass is 16.2. The van der Waals surface area contributed by atoms with Crippen molar-refractivity contribution < 1.29 is 4.79 Å². The number of carbonyl (C=O) groups is 1. The van der Waals surface area contributed by atoms with Gasteiger partial charge >= 0.3 is 0 Å². The van der Waals surface area contributed by atoms with Crippen LogP contribution in [-0.2, 0) is 4.79 Å². The molecule has 2 atom stereocenters. The van der Waals surface area contributed by atoms with Gasteiger partial charge in [-0.3, -0.25) is 4.79 Å². The fourth-order valence-electron chi connectivity index (χ4n) is 2.97. The van der Waals surface area contributed by atoms with Gasteiger partial charge in [-0.05, 0) is 37.9 Å². The Morgan fingerprint density at radius 1 is 1.26 bits per heavy atom. The van der Waals surface area contributed by atoms with Crippen molar-refractivity contribution in [1.29, 1.82) is 0 Å². The van der Waals surface area contributed by atoms with Gasteiger partial charge < -0.3 is 10.6 Å². The van der Waals surface area contributed by atoms with Crippen molar-refractivity contribution in [2.75, 3.05) is 13.1 Å². The molecule has 0 radical (unpaired) electrons. The number of nitrogens with one attached hydrogen (secondary N) is 2. The molecule has 1 heterocycles. The van der Waals surface area contributed by atoms with Gasteiger partial charge in [0.1, 0.15) is 0 Å². The van der Waals surface area contributed by atoms with Gasteiger partial charge in [-0.25, -0.2) is 0 Å². The van der Waals surface area contributed by atoms with Gasteiger partial charge in [0.25, 0.3) is 0 Å². The zero-order valence-corrected chi connectivity index (χ0v) is 11.5. The summed E-state index contributed by atoms with van der Waals surface area (Å²) in [6.45, 7) is 4.01. The van der Waals surface area contributed by atoms with Crippen LogP contribution in [0.3, 0.4) is 0 Å². The highest BCUT2D eigenvalue weighted by Gasteiger charge is 2.43. The number of rotatable bonds is 3. The maximum absolute atomic E-state index is 12.4. The lowest BCUT2D eigenvalue weighted by Gasteiger charge is -2.32. The minimum absolute atomic E-state index is 0.172. The fourth-order valence-corrected chi connectivity index (χ4v) is 2.97. The molecule has 1 aromatic carbocycles. The third-order valence-corrected chi connectivity index (χ3v) is 4.59. The summed E-state index contributed by atoms with van der Waals surface area (Å²) in [5.74, 6) is 0.771. The normalized spacial score (nSPS) is 28.7. The molecule has 1 aromatic rings. The van der Waals surface area contributed by atoms with Gasteiger partial charge in [-0.2, -0.15) is 0 Å². The maximum atomic E-state index is 12.4. The van der Waals surface area contributed by atoms with E-state index in [4.69, 9.17) is 0 Å². The maximum Gasteiger partial charge on any atom is 0.226 e. The number of carbonyl (C=O) groups excluding carboxylic acids is 1. The largest absolute Gasteiger partial charge is 0.352 e. The molecule has 3 heteroatoms. The molecule has 2 fully saturated rings. The summed E-state index contributed by atoms with van der Waals surface area (Å²) in [4.78, 5) is 12.4. The minimum Gasteiger partial charge on any atom is -0.352 e. The number of hydrogen-bond donors (Lipinski definition) is 2. The first-order valence-corrected chi connectivity index (χ1v) is 7.26. The first-order valence-electron chi connectivity index (χ1n) is 7.26. The standard InChI is InChI=1S/C16H22N2O/c1-16(7-9-17-10-8-16)15(19)18-14-11-13(14)12-5-3-2-4-6-12/h2-6,13-14,17H,7-11H2,1H3,(H,18,19). The van der Waals surface area contributed by atoms with E-state index < -0.39 is 0 Å². The van der Waals surface area contributed by atoms with Crippen LogP contribution in [0.5, 0.6) is 0 Å². The van der Waals surface area contributed by atoms with Crippen molar-refractivity contribution in [2.24, 2.45) is 5.41 Å². The summed E-state index contributed by atoms with van der Waals surface area (Å²) in [6, 6.07) is 10.8. The predicted octanol–water partition coefficient (Wildman–Crippen LogP) is 2.05. The Kier molecular flexibility index (Phi) is 3.31. The SMILES string of the molecule is CC1(C(=O)NC2CC2c2ccccc2)CCNCC1. The summed E-state index contributed by atoms with van der Waals surface area (Å²) in [5, 5.41) is 6.56. The molecule has 0 spiro atoms. The fraction of sp³-hybridized carbons (Fsp3) is 0.562. The van der Waals surface area contributed by atoms with Gasteiger partial charge in [-0.15, -0.1) is 0 Å². The molecule has 1 saturated carbocycles. The Hall–Kier alpha value is -1.35. The van der Waals surface area contributed by atoms with E-state index in [0.29, 0.717) is 12.0 Å². The van der Waals surface area contributed by atoms with E-state index in [-0.39, 0.29) is 11.3 Å². The van der Waals surface area contributed by atoms with E-state index in [1.54, 1.807) is 0 Å². The van der Waals surface area contributed by atoms with Crippen LogP contribution in [0.15, 0.2) is 30.3 Å². The molecule has 1 amide bonds. The van der Waals surface area contributed by atoms with Crippen molar-refractivity contribution in [2.45, 2.75) is 38.1 Å². The second-order valence-electron chi connectivity index (χ2n) is 6.14. The van der Waals surface area contributed by atoms with Crippen LogP contribution in [-0.4, -0.2) is 25.0 Å². The summed E-state index contributed by atoms with van der Waals surface area (Å²) in [5.41, 5.74) is 1.18. The highest BCUT2D eigenvalue weighted by Crippen LogP contribution is 2.41. The smallest absolute Gasteiger partial charge is 0.226 e. The van der Waals surface area contributed by atoms with Gasteiger partial charge in [0.2, 0.25) is 5.91 Å². The van der Waals surface area contributed by atoms with Crippen molar-refractivity contribution >= 4 is 5.91 Å². The van der Waals surface area contributed by atoms with Crippen LogP contribution >= 0.6 is 0 Å². The third-order valence-electron chi connectivity index (χ3n) is 4.59. The van der Waals surface area contributed by atoms with Crippen LogP contribution < -0.4 is 10.6 Å². The summed E-state index contributed by atoms with van der Waals surface area (Å²) < 4.78 is 0. The second-order valence-corrected chi connectivity index (χ2v) is 6.14. The molecule has 19 heavy (non-hydrogen) atoms. The first kappa shape index (κ1) is 12.7. The predicted molar refractivity (Wildman–Crippen MR) is 75.9 cm³/mol. The quantitative estimate of drug-likeness (QED) is 0.871. The van der Waals surface area contributed by atoms with E-state index >= 15 is 0 Å². The second kappa shape index (κ2) is 4.97. The molecule has 102 valence electrons. The molecule has 0 aromatic heterocycles. The van der Waals surface area contributed by atoms with Crippen LogP contribution in [0.25, 0.3) is 0 Å². The molecule has 1 aliphatic heterocycles. The van der Waals surface area contributed by atoms with Gasteiger partial charge in [0, 0.05) is 17.4 Å². The Morgan fingerprint density at radius 2 is 1.95 bits per heavy atom. The Labute approximate surface area is 114 Å².